The van der Waals surface area contributed by atoms with E-state index in [-0.39, 0.29) is 0 Å². The largest absolute Gasteiger partial charge is 0.368 e. The fourth-order valence-electron chi connectivity index (χ4n) is 3.24. The highest BCUT2D eigenvalue weighted by Gasteiger charge is 2.23. The van der Waals surface area contributed by atoms with Gasteiger partial charge in [0.05, 0.1) is 0 Å². The molecule has 0 amide bonds. The number of rotatable bonds is 6. The molecule has 0 unspecified atom stereocenters. The molecular weight excluding hydrogens is 310 g/mol. The normalized spacial score (nSPS) is 16.1. The number of hydrogen-bond donors (Lipinski definition) is 0. The topological polar surface area (TPSA) is 3.24 Å². The minimum Gasteiger partial charge on any atom is -0.368 e. The Morgan fingerprint density at radius 1 is 1.25 bits per heavy atom. The molecule has 0 radical (unpaired) electrons. The summed E-state index contributed by atoms with van der Waals surface area (Å²) in [4.78, 5) is 2.69. The first-order valence-electron chi connectivity index (χ1n) is 8.04. The maximum Gasteiger partial charge on any atom is 0.0398 e. The number of nitrogens with zero attached hydrogens (tertiary/aromatic N) is 1. The summed E-state index contributed by atoms with van der Waals surface area (Å²) in [5, 5.41) is 0.948. The molecule has 0 bridgehead atoms. The molecule has 0 spiro atoms. The summed E-state index contributed by atoms with van der Waals surface area (Å²) in [6.07, 6.45) is 6.84. The molecule has 0 heterocycles. The number of aryl methyl sites for hydroxylation is 1. The smallest absolute Gasteiger partial charge is 0.0398 e. The van der Waals surface area contributed by atoms with E-state index in [9.17, 15) is 0 Å². The first kappa shape index (κ1) is 15.9. The Morgan fingerprint density at radius 2 is 1.95 bits per heavy atom. The van der Waals surface area contributed by atoms with Crippen molar-refractivity contribution in [2.24, 2.45) is 5.92 Å². The first-order chi connectivity index (χ1) is 9.61. The van der Waals surface area contributed by atoms with Crippen LogP contribution in [0.2, 0.25) is 0 Å². The maximum atomic E-state index is 3.56. The van der Waals surface area contributed by atoms with Gasteiger partial charge in [-0.2, -0.15) is 0 Å². The lowest BCUT2D eigenvalue weighted by Crippen LogP contribution is -2.35. The Kier molecular flexibility index (Phi) is 5.95. The summed E-state index contributed by atoms with van der Waals surface area (Å²) < 4.78 is 0. The summed E-state index contributed by atoms with van der Waals surface area (Å²) in [5.74, 6) is 0.779. The molecule has 1 nitrogen and oxygen atoms in total. The van der Waals surface area contributed by atoms with Crippen LogP contribution in [-0.2, 0) is 5.33 Å². The van der Waals surface area contributed by atoms with Gasteiger partial charge in [-0.25, -0.2) is 0 Å². The quantitative estimate of drug-likeness (QED) is 0.603. The van der Waals surface area contributed by atoms with Gasteiger partial charge in [0.25, 0.3) is 0 Å². The van der Waals surface area contributed by atoms with Crippen LogP contribution < -0.4 is 4.90 Å². The maximum absolute atomic E-state index is 3.56. The molecule has 0 atom stereocenters. The predicted molar refractivity (Wildman–Crippen MR) is 92.9 cm³/mol. The zero-order valence-electron chi connectivity index (χ0n) is 13.2. The van der Waals surface area contributed by atoms with Crippen LogP contribution in [0.1, 0.15) is 57.1 Å². The van der Waals surface area contributed by atoms with Crippen molar-refractivity contribution in [3.8, 4) is 0 Å². The van der Waals surface area contributed by atoms with Crippen LogP contribution in [0.25, 0.3) is 0 Å². The van der Waals surface area contributed by atoms with Gasteiger partial charge in [-0.05, 0) is 49.3 Å². The second kappa shape index (κ2) is 7.49. The zero-order valence-corrected chi connectivity index (χ0v) is 14.7. The predicted octanol–water partition coefficient (Wildman–Crippen LogP) is 5.69. The van der Waals surface area contributed by atoms with Crippen molar-refractivity contribution in [2.45, 2.75) is 64.2 Å². The highest BCUT2D eigenvalue weighted by atomic mass is 79.9. The third-order valence-electron chi connectivity index (χ3n) is 4.44. The fraction of sp³-hybridized carbons (Fsp3) is 0.667. The molecule has 112 valence electrons. The van der Waals surface area contributed by atoms with Gasteiger partial charge in [0.15, 0.2) is 0 Å². The highest BCUT2D eigenvalue weighted by molar-refractivity contribution is 9.08. The van der Waals surface area contributed by atoms with E-state index in [1.807, 2.05) is 0 Å². The standard InChI is InChI=1S/C18H28BrN/c1-14(2)10-11-20(17-6-4-5-7-17)18-9-8-16(13-19)12-15(18)3/h8-9,12,14,17H,4-7,10-11,13H2,1-3H3. The minimum absolute atomic E-state index is 0.766. The molecular formula is C18H28BrN. The Bertz CT molecular complexity index is 421. The van der Waals surface area contributed by atoms with Crippen molar-refractivity contribution in [2.75, 3.05) is 11.4 Å². The second-order valence-electron chi connectivity index (χ2n) is 6.57. The molecule has 2 rings (SSSR count). The molecule has 0 aliphatic heterocycles. The number of benzene rings is 1. The average molecular weight is 338 g/mol. The summed E-state index contributed by atoms with van der Waals surface area (Å²) in [6, 6.07) is 7.71. The second-order valence-corrected chi connectivity index (χ2v) is 7.13. The van der Waals surface area contributed by atoms with Crippen molar-refractivity contribution < 1.29 is 0 Å². The van der Waals surface area contributed by atoms with E-state index in [2.05, 4.69) is 59.8 Å². The highest BCUT2D eigenvalue weighted by Crippen LogP contribution is 2.31. The molecule has 1 aromatic rings. The van der Waals surface area contributed by atoms with Gasteiger partial charge in [-0.1, -0.05) is 54.8 Å². The average Bonchev–Trinajstić information content (AvgIpc) is 2.94. The number of halogens is 1. The van der Waals surface area contributed by atoms with E-state index in [0.29, 0.717) is 0 Å². The Hall–Kier alpha value is -0.500. The van der Waals surface area contributed by atoms with Crippen molar-refractivity contribution >= 4 is 21.6 Å². The van der Waals surface area contributed by atoms with Crippen LogP contribution in [0.4, 0.5) is 5.69 Å². The molecule has 0 saturated heterocycles. The lowest BCUT2D eigenvalue weighted by atomic mass is 10.0. The van der Waals surface area contributed by atoms with Crippen LogP contribution in [0.3, 0.4) is 0 Å². The molecule has 1 aliphatic carbocycles. The minimum atomic E-state index is 0.766. The van der Waals surface area contributed by atoms with Crippen LogP contribution in [0.5, 0.6) is 0 Å². The third kappa shape index (κ3) is 4.00. The molecule has 1 fully saturated rings. The summed E-state index contributed by atoms with van der Waals surface area (Å²) in [7, 11) is 0. The van der Waals surface area contributed by atoms with E-state index < -0.39 is 0 Å². The molecule has 1 aliphatic rings. The van der Waals surface area contributed by atoms with Gasteiger partial charge >= 0.3 is 0 Å². The zero-order chi connectivity index (χ0) is 14.5. The van der Waals surface area contributed by atoms with Crippen molar-refractivity contribution in [3.63, 3.8) is 0 Å². The Balaban J connectivity index is 2.20. The summed E-state index contributed by atoms with van der Waals surface area (Å²) >= 11 is 3.56. The molecule has 0 N–H and O–H groups in total. The van der Waals surface area contributed by atoms with E-state index in [0.717, 1.165) is 17.3 Å². The van der Waals surface area contributed by atoms with Crippen molar-refractivity contribution in [1.82, 2.24) is 0 Å². The molecule has 2 heteroatoms. The van der Waals surface area contributed by atoms with E-state index in [1.165, 1.54) is 55.5 Å². The Morgan fingerprint density at radius 3 is 2.50 bits per heavy atom. The third-order valence-corrected chi connectivity index (χ3v) is 5.09. The van der Waals surface area contributed by atoms with Gasteiger partial charge < -0.3 is 4.90 Å². The van der Waals surface area contributed by atoms with Crippen molar-refractivity contribution in [3.05, 3.63) is 29.3 Å². The van der Waals surface area contributed by atoms with Crippen LogP contribution >= 0.6 is 15.9 Å². The molecule has 1 saturated carbocycles. The van der Waals surface area contributed by atoms with E-state index >= 15 is 0 Å². The lowest BCUT2D eigenvalue weighted by Gasteiger charge is -2.33. The van der Waals surface area contributed by atoms with Crippen LogP contribution in [0.15, 0.2) is 18.2 Å². The van der Waals surface area contributed by atoms with Crippen LogP contribution in [-0.4, -0.2) is 12.6 Å². The molecule has 0 aromatic heterocycles. The summed E-state index contributed by atoms with van der Waals surface area (Å²) in [6.45, 7) is 8.12. The number of anilines is 1. The molecule has 20 heavy (non-hydrogen) atoms. The summed E-state index contributed by atoms with van der Waals surface area (Å²) in [5.41, 5.74) is 4.27. The Labute approximate surface area is 132 Å². The SMILES string of the molecule is Cc1cc(CBr)ccc1N(CCC(C)C)C1CCCC1. The monoisotopic (exact) mass is 337 g/mol. The van der Waals surface area contributed by atoms with E-state index in [1.54, 1.807) is 0 Å². The van der Waals surface area contributed by atoms with Gasteiger partial charge in [0, 0.05) is 23.6 Å². The van der Waals surface area contributed by atoms with Gasteiger partial charge in [-0.15, -0.1) is 0 Å². The van der Waals surface area contributed by atoms with Gasteiger partial charge in [0.2, 0.25) is 0 Å². The van der Waals surface area contributed by atoms with Crippen LogP contribution in [0, 0.1) is 12.8 Å². The van der Waals surface area contributed by atoms with Gasteiger partial charge in [-0.3, -0.25) is 0 Å². The lowest BCUT2D eigenvalue weighted by molar-refractivity contribution is 0.528. The number of hydrogen-bond acceptors (Lipinski definition) is 1. The first-order valence-corrected chi connectivity index (χ1v) is 9.16. The molecule has 1 aromatic carbocycles. The van der Waals surface area contributed by atoms with Crippen molar-refractivity contribution in [1.29, 1.82) is 0 Å². The van der Waals surface area contributed by atoms with Gasteiger partial charge in [0.1, 0.15) is 0 Å². The fourth-order valence-corrected chi connectivity index (χ4v) is 3.58. The number of alkyl halides is 1. The van der Waals surface area contributed by atoms with E-state index in [4.69, 9.17) is 0 Å².